The summed E-state index contributed by atoms with van der Waals surface area (Å²) in [6, 6.07) is 21.6. The van der Waals surface area contributed by atoms with Crippen LogP contribution in [0, 0.1) is 0 Å². The summed E-state index contributed by atoms with van der Waals surface area (Å²) in [5.41, 5.74) is 4.93. The molecule has 1 aromatic heterocycles. The Labute approximate surface area is 182 Å². The second-order valence-electron chi connectivity index (χ2n) is 8.44. The molecule has 2 aliphatic heterocycles. The molecule has 2 aliphatic rings. The quantitative estimate of drug-likeness (QED) is 0.539. The first kappa shape index (κ1) is 18.5. The van der Waals surface area contributed by atoms with E-state index in [0.717, 1.165) is 62.9 Å². The first-order chi connectivity index (χ1) is 15.3. The minimum Gasteiger partial charge on any atom is -0.493 e. The van der Waals surface area contributed by atoms with Crippen molar-refractivity contribution < 1.29 is 4.74 Å². The Balaban J connectivity index is 1.12. The highest BCUT2D eigenvalue weighted by Crippen LogP contribution is 2.30. The van der Waals surface area contributed by atoms with Crippen LogP contribution in [0.3, 0.4) is 0 Å². The number of benzene rings is 3. The number of hydrogen-bond acceptors (Lipinski definition) is 4. The topological polar surface area (TPSA) is 44.4 Å². The monoisotopic (exact) mass is 410 g/mol. The fraction of sp³-hybridized carbons (Fsp3) is 0.269. The predicted octanol–water partition coefficient (Wildman–Crippen LogP) is 4.49. The SMILES string of the molecule is c1ccc2c(N3CCN(Cc4cnc(-c5ccc6c(c5)CCO6)[nH]4)CC3)cccc2c1. The number of rotatable bonds is 4. The second-order valence-corrected chi connectivity index (χ2v) is 8.44. The molecule has 1 fully saturated rings. The summed E-state index contributed by atoms with van der Waals surface area (Å²) < 4.78 is 5.62. The average Bonchev–Trinajstić information content (AvgIpc) is 3.48. The standard InChI is InChI=1S/C26H26N4O/c1-2-6-23-19(4-1)5-3-7-24(23)30-13-11-29(12-14-30)18-22-17-27-26(28-22)21-8-9-25-20(16-21)10-15-31-25/h1-9,16-17H,10-15,18H2,(H,27,28). The zero-order chi connectivity index (χ0) is 20.6. The third kappa shape index (κ3) is 3.55. The Bertz CT molecular complexity index is 1220. The van der Waals surface area contributed by atoms with E-state index in [4.69, 9.17) is 4.74 Å². The largest absolute Gasteiger partial charge is 0.493 e. The molecule has 0 saturated carbocycles. The number of piperazine rings is 1. The molecule has 0 atom stereocenters. The molecule has 0 unspecified atom stereocenters. The van der Waals surface area contributed by atoms with Gasteiger partial charge >= 0.3 is 0 Å². The van der Waals surface area contributed by atoms with E-state index in [1.807, 2.05) is 6.20 Å². The lowest BCUT2D eigenvalue weighted by molar-refractivity contribution is 0.247. The zero-order valence-electron chi connectivity index (χ0n) is 17.6. The van der Waals surface area contributed by atoms with E-state index in [0.29, 0.717) is 0 Å². The number of H-pyrrole nitrogens is 1. The number of hydrogen-bond donors (Lipinski definition) is 1. The van der Waals surface area contributed by atoms with E-state index in [9.17, 15) is 0 Å². The zero-order valence-corrected chi connectivity index (χ0v) is 17.6. The van der Waals surface area contributed by atoms with Crippen molar-refractivity contribution in [1.29, 1.82) is 0 Å². The van der Waals surface area contributed by atoms with Crippen LogP contribution in [0.15, 0.2) is 66.9 Å². The lowest BCUT2D eigenvalue weighted by Crippen LogP contribution is -2.46. The number of aromatic nitrogens is 2. The fourth-order valence-corrected chi connectivity index (χ4v) is 4.79. The molecule has 0 spiro atoms. The van der Waals surface area contributed by atoms with Gasteiger partial charge in [-0.25, -0.2) is 4.98 Å². The highest BCUT2D eigenvalue weighted by atomic mass is 16.5. The summed E-state index contributed by atoms with van der Waals surface area (Å²) >= 11 is 0. The lowest BCUT2D eigenvalue weighted by Gasteiger charge is -2.36. The normalized spacial score (nSPS) is 16.5. The molecule has 5 nitrogen and oxygen atoms in total. The van der Waals surface area contributed by atoms with Crippen molar-refractivity contribution in [3.63, 3.8) is 0 Å². The van der Waals surface area contributed by atoms with E-state index in [1.54, 1.807) is 0 Å². The first-order valence-corrected chi connectivity index (χ1v) is 11.1. The van der Waals surface area contributed by atoms with E-state index in [2.05, 4.69) is 80.4 Å². The van der Waals surface area contributed by atoms with Crippen LogP contribution in [-0.2, 0) is 13.0 Å². The Morgan fingerprint density at radius 2 is 1.81 bits per heavy atom. The van der Waals surface area contributed by atoms with E-state index in [1.165, 1.54) is 27.7 Å². The highest BCUT2D eigenvalue weighted by Gasteiger charge is 2.20. The molecule has 0 radical (unpaired) electrons. The number of imidazole rings is 1. The Hall–Kier alpha value is -3.31. The number of fused-ring (bicyclic) bond motifs is 2. The summed E-state index contributed by atoms with van der Waals surface area (Å²) in [5, 5.41) is 2.65. The maximum Gasteiger partial charge on any atom is 0.137 e. The molecule has 31 heavy (non-hydrogen) atoms. The Morgan fingerprint density at radius 3 is 2.74 bits per heavy atom. The minimum atomic E-state index is 0.785. The molecule has 0 amide bonds. The Kier molecular flexibility index (Phi) is 4.61. The number of anilines is 1. The van der Waals surface area contributed by atoms with Crippen LogP contribution >= 0.6 is 0 Å². The van der Waals surface area contributed by atoms with Gasteiger partial charge in [0.25, 0.3) is 0 Å². The van der Waals surface area contributed by atoms with Crippen molar-refractivity contribution in [2.24, 2.45) is 0 Å². The van der Waals surface area contributed by atoms with Gasteiger partial charge in [0.1, 0.15) is 11.6 Å². The van der Waals surface area contributed by atoms with Crippen LogP contribution in [0.25, 0.3) is 22.2 Å². The van der Waals surface area contributed by atoms with Gasteiger partial charge < -0.3 is 14.6 Å². The first-order valence-electron chi connectivity index (χ1n) is 11.1. The lowest BCUT2D eigenvalue weighted by atomic mass is 10.1. The predicted molar refractivity (Wildman–Crippen MR) is 125 cm³/mol. The maximum absolute atomic E-state index is 5.62. The van der Waals surface area contributed by atoms with Crippen molar-refractivity contribution in [2.75, 3.05) is 37.7 Å². The van der Waals surface area contributed by atoms with Crippen LogP contribution in [0.1, 0.15) is 11.3 Å². The molecule has 6 rings (SSSR count). The Morgan fingerprint density at radius 1 is 0.935 bits per heavy atom. The molecular formula is C26H26N4O. The summed E-state index contributed by atoms with van der Waals surface area (Å²) in [6.07, 6.45) is 2.97. The van der Waals surface area contributed by atoms with Gasteiger partial charge in [-0.2, -0.15) is 0 Å². The van der Waals surface area contributed by atoms with Crippen molar-refractivity contribution in [3.05, 3.63) is 78.1 Å². The minimum absolute atomic E-state index is 0.785. The van der Waals surface area contributed by atoms with Crippen molar-refractivity contribution >= 4 is 16.5 Å². The molecular weight excluding hydrogens is 384 g/mol. The fourth-order valence-electron chi connectivity index (χ4n) is 4.79. The summed E-state index contributed by atoms with van der Waals surface area (Å²) in [7, 11) is 0. The van der Waals surface area contributed by atoms with Gasteiger partial charge in [0.15, 0.2) is 0 Å². The molecule has 0 bridgehead atoms. The van der Waals surface area contributed by atoms with Crippen LogP contribution in [0.2, 0.25) is 0 Å². The molecule has 0 aliphatic carbocycles. The van der Waals surface area contributed by atoms with Gasteiger partial charge in [-0.1, -0.05) is 36.4 Å². The molecule has 3 heterocycles. The van der Waals surface area contributed by atoms with E-state index in [-0.39, 0.29) is 0 Å². The number of nitrogens with one attached hydrogen (secondary N) is 1. The molecule has 156 valence electrons. The number of ether oxygens (including phenoxy) is 1. The molecule has 1 N–H and O–H groups in total. The summed E-state index contributed by atoms with van der Waals surface area (Å²) in [4.78, 5) is 13.2. The number of nitrogens with zero attached hydrogens (tertiary/aromatic N) is 3. The van der Waals surface area contributed by atoms with Gasteiger partial charge in [-0.05, 0) is 35.2 Å². The van der Waals surface area contributed by atoms with Gasteiger partial charge in [-0.3, -0.25) is 4.90 Å². The van der Waals surface area contributed by atoms with Crippen LogP contribution in [0.5, 0.6) is 5.75 Å². The van der Waals surface area contributed by atoms with Crippen molar-refractivity contribution in [3.8, 4) is 17.1 Å². The molecule has 5 heteroatoms. The van der Waals surface area contributed by atoms with Gasteiger partial charge in [0.2, 0.25) is 0 Å². The smallest absolute Gasteiger partial charge is 0.137 e. The summed E-state index contributed by atoms with van der Waals surface area (Å²) in [5.74, 6) is 1.96. The van der Waals surface area contributed by atoms with Crippen LogP contribution < -0.4 is 9.64 Å². The molecule has 4 aromatic rings. The third-order valence-corrected chi connectivity index (χ3v) is 6.46. The maximum atomic E-state index is 5.62. The highest BCUT2D eigenvalue weighted by molar-refractivity contribution is 5.94. The van der Waals surface area contributed by atoms with Gasteiger partial charge in [0.05, 0.1) is 6.61 Å². The second kappa shape index (κ2) is 7.75. The average molecular weight is 411 g/mol. The molecule has 3 aromatic carbocycles. The van der Waals surface area contributed by atoms with Crippen LogP contribution in [0.4, 0.5) is 5.69 Å². The summed E-state index contributed by atoms with van der Waals surface area (Å²) in [6.45, 7) is 5.87. The van der Waals surface area contributed by atoms with Crippen molar-refractivity contribution in [2.45, 2.75) is 13.0 Å². The molecule has 1 saturated heterocycles. The van der Waals surface area contributed by atoms with E-state index < -0.39 is 0 Å². The van der Waals surface area contributed by atoms with Crippen molar-refractivity contribution in [1.82, 2.24) is 14.9 Å². The third-order valence-electron chi connectivity index (χ3n) is 6.46. The number of aromatic amines is 1. The van der Waals surface area contributed by atoms with E-state index >= 15 is 0 Å². The van der Waals surface area contributed by atoms with Crippen LogP contribution in [-0.4, -0.2) is 47.7 Å². The van der Waals surface area contributed by atoms with Gasteiger partial charge in [0, 0.05) is 67.7 Å². The van der Waals surface area contributed by atoms with Gasteiger partial charge in [-0.15, -0.1) is 0 Å².